The maximum Gasteiger partial charge on any atom is 0.218 e. The van der Waals surface area contributed by atoms with Crippen LogP contribution in [0.3, 0.4) is 0 Å². The van der Waals surface area contributed by atoms with Crippen molar-refractivity contribution in [3.63, 3.8) is 0 Å². The van der Waals surface area contributed by atoms with Crippen molar-refractivity contribution >= 4 is 17.4 Å². The summed E-state index contributed by atoms with van der Waals surface area (Å²) in [7, 11) is 0. The number of anilines is 1. The third-order valence-corrected chi connectivity index (χ3v) is 3.64. The van der Waals surface area contributed by atoms with Crippen LogP contribution in [0.15, 0.2) is 6.07 Å². The average Bonchev–Trinajstić information content (AvgIpc) is 2.32. The second-order valence-electron chi connectivity index (χ2n) is 4.62. The minimum Gasteiger partial charge on any atom is -0.478 e. The molecule has 1 saturated carbocycles. The van der Waals surface area contributed by atoms with Crippen LogP contribution < -0.4 is 10.1 Å². The van der Waals surface area contributed by atoms with Crippen LogP contribution >= 0.6 is 11.6 Å². The van der Waals surface area contributed by atoms with Gasteiger partial charge in [0.15, 0.2) is 0 Å². The predicted molar refractivity (Wildman–Crippen MR) is 73.5 cm³/mol. The predicted octanol–water partition coefficient (Wildman–Crippen LogP) is 3.15. The fourth-order valence-electron chi connectivity index (χ4n) is 2.27. The van der Waals surface area contributed by atoms with Gasteiger partial charge in [0.1, 0.15) is 11.6 Å². The molecule has 0 bridgehead atoms. The van der Waals surface area contributed by atoms with Crippen molar-refractivity contribution in [1.29, 1.82) is 0 Å². The molecule has 18 heavy (non-hydrogen) atoms. The number of hydrogen-bond acceptors (Lipinski definition) is 4. The minimum absolute atomic E-state index is 0.185. The number of nitrogens with one attached hydrogen (secondary N) is 1. The highest BCUT2D eigenvalue weighted by molar-refractivity contribution is 6.21. The number of rotatable bonds is 4. The van der Waals surface area contributed by atoms with E-state index in [4.69, 9.17) is 16.3 Å². The van der Waals surface area contributed by atoms with E-state index in [0.717, 1.165) is 18.7 Å². The summed E-state index contributed by atoms with van der Waals surface area (Å²) in [5, 5.41) is 3.59. The van der Waals surface area contributed by atoms with Gasteiger partial charge in [0.05, 0.1) is 12.0 Å². The van der Waals surface area contributed by atoms with Crippen LogP contribution in [0.2, 0.25) is 0 Å². The first kappa shape index (κ1) is 13.4. The molecule has 2 unspecified atom stereocenters. The summed E-state index contributed by atoms with van der Waals surface area (Å²) in [5.74, 6) is 2.14. The third-order valence-electron chi connectivity index (χ3n) is 3.12. The monoisotopic (exact) mass is 269 g/mol. The molecule has 5 heteroatoms. The topological polar surface area (TPSA) is 47.0 Å². The summed E-state index contributed by atoms with van der Waals surface area (Å²) in [6, 6.07) is 2.14. The Hall–Kier alpha value is -1.03. The number of aromatic nitrogens is 2. The quantitative estimate of drug-likeness (QED) is 0.853. The van der Waals surface area contributed by atoms with Gasteiger partial charge in [-0.15, -0.1) is 11.6 Å². The third kappa shape index (κ3) is 3.48. The highest BCUT2D eigenvalue weighted by Gasteiger charge is 2.23. The molecule has 0 aromatic carbocycles. The fraction of sp³-hybridized carbons (Fsp3) is 0.692. The first-order valence-electron chi connectivity index (χ1n) is 6.58. The van der Waals surface area contributed by atoms with Crippen molar-refractivity contribution in [1.82, 2.24) is 9.97 Å². The van der Waals surface area contributed by atoms with Crippen molar-refractivity contribution in [2.75, 3.05) is 11.9 Å². The molecular weight excluding hydrogens is 250 g/mol. The molecule has 0 spiro atoms. The molecule has 100 valence electrons. The normalized spacial score (nSPS) is 23.7. The Morgan fingerprint density at radius 2 is 2.17 bits per heavy atom. The second kappa shape index (κ2) is 6.23. The molecule has 1 aliphatic rings. The van der Waals surface area contributed by atoms with Crippen LogP contribution in [0.25, 0.3) is 0 Å². The zero-order valence-electron chi connectivity index (χ0n) is 10.9. The molecule has 2 rings (SSSR count). The van der Waals surface area contributed by atoms with Crippen LogP contribution in [0.5, 0.6) is 5.88 Å². The Kier molecular flexibility index (Phi) is 4.64. The summed E-state index contributed by atoms with van der Waals surface area (Å²) in [4.78, 5) is 8.61. The van der Waals surface area contributed by atoms with Crippen molar-refractivity contribution in [3.8, 4) is 5.88 Å². The van der Waals surface area contributed by atoms with Crippen LogP contribution in [0, 0.1) is 6.92 Å². The van der Waals surface area contributed by atoms with E-state index in [1.54, 1.807) is 0 Å². The van der Waals surface area contributed by atoms with E-state index < -0.39 is 0 Å². The molecule has 4 nitrogen and oxygen atoms in total. The standard InChI is InChI=1S/C13H20ClN3O/c1-3-18-13-8-12(15-9(2)16-13)17-11-7-5-4-6-10(11)14/h8,10-11H,3-7H2,1-2H3,(H,15,16,17). The van der Waals surface area contributed by atoms with E-state index in [1.807, 2.05) is 19.9 Å². The van der Waals surface area contributed by atoms with Gasteiger partial charge in [-0.05, 0) is 26.7 Å². The van der Waals surface area contributed by atoms with Crippen molar-refractivity contribution in [2.24, 2.45) is 0 Å². The largest absolute Gasteiger partial charge is 0.478 e. The van der Waals surface area contributed by atoms with Gasteiger partial charge in [-0.2, -0.15) is 4.98 Å². The molecule has 2 atom stereocenters. The lowest BCUT2D eigenvalue weighted by Crippen LogP contribution is -2.33. The fourth-order valence-corrected chi connectivity index (χ4v) is 2.62. The highest BCUT2D eigenvalue weighted by atomic mass is 35.5. The Morgan fingerprint density at radius 1 is 1.39 bits per heavy atom. The molecular formula is C13H20ClN3O. The van der Waals surface area contributed by atoms with Crippen LogP contribution in [-0.4, -0.2) is 28.0 Å². The zero-order valence-corrected chi connectivity index (χ0v) is 11.7. The molecule has 1 aromatic rings. The molecule has 1 aliphatic carbocycles. The number of nitrogens with zero attached hydrogens (tertiary/aromatic N) is 2. The molecule has 0 saturated heterocycles. The van der Waals surface area contributed by atoms with Crippen molar-refractivity contribution < 1.29 is 4.74 Å². The molecule has 0 aliphatic heterocycles. The van der Waals surface area contributed by atoms with E-state index in [9.17, 15) is 0 Å². The number of aryl methyl sites for hydroxylation is 1. The van der Waals surface area contributed by atoms with Gasteiger partial charge in [0.25, 0.3) is 0 Å². The lowest BCUT2D eigenvalue weighted by atomic mass is 9.95. The van der Waals surface area contributed by atoms with E-state index in [0.29, 0.717) is 24.4 Å². The van der Waals surface area contributed by atoms with Gasteiger partial charge in [-0.3, -0.25) is 0 Å². The maximum absolute atomic E-state index is 6.34. The minimum atomic E-state index is 0.185. The summed E-state index contributed by atoms with van der Waals surface area (Å²) >= 11 is 6.34. The average molecular weight is 270 g/mol. The number of alkyl halides is 1. The van der Waals surface area contributed by atoms with Crippen LogP contribution in [0.1, 0.15) is 38.4 Å². The Labute approximate surface area is 113 Å². The van der Waals surface area contributed by atoms with E-state index in [2.05, 4.69) is 15.3 Å². The Bertz CT molecular complexity index is 400. The number of hydrogen-bond donors (Lipinski definition) is 1. The smallest absolute Gasteiger partial charge is 0.218 e. The molecule has 0 amide bonds. The van der Waals surface area contributed by atoms with Gasteiger partial charge in [0.2, 0.25) is 5.88 Å². The van der Waals surface area contributed by atoms with Crippen molar-refractivity contribution in [3.05, 3.63) is 11.9 Å². The highest BCUT2D eigenvalue weighted by Crippen LogP contribution is 2.26. The molecule has 1 heterocycles. The van der Waals surface area contributed by atoms with E-state index in [-0.39, 0.29) is 5.38 Å². The lowest BCUT2D eigenvalue weighted by molar-refractivity contribution is 0.325. The number of ether oxygens (including phenoxy) is 1. The van der Waals surface area contributed by atoms with Gasteiger partial charge < -0.3 is 10.1 Å². The SMILES string of the molecule is CCOc1cc(NC2CCCCC2Cl)nc(C)n1. The van der Waals surface area contributed by atoms with Gasteiger partial charge in [0, 0.05) is 12.1 Å². The zero-order chi connectivity index (χ0) is 13.0. The van der Waals surface area contributed by atoms with Crippen LogP contribution in [0.4, 0.5) is 5.82 Å². The first-order chi connectivity index (χ1) is 8.69. The maximum atomic E-state index is 6.34. The summed E-state index contributed by atoms with van der Waals surface area (Å²) < 4.78 is 5.42. The number of halogens is 1. The van der Waals surface area contributed by atoms with Gasteiger partial charge in [-0.25, -0.2) is 4.98 Å². The molecule has 1 aromatic heterocycles. The van der Waals surface area contributed by atoms with Crippen LogP contribution in [-0.2, 0) is 0 Å². The van der Waals surface area contributed by atoms with E-state index in [1.165, 1.54) is 12.8 Å². The summed E-state index contributed by atoms with van der Waals surface area (Å²) in [5.41, 5.74) is 0. The molecule has 0 radical (unpaired) electrons. The first-order valence-corrected chi connectivity index (χ1v) is 7.01. The summed E-state index contributed by atoms with van der Waals surface area (Å²) in [6.07, 6.45) is 4.62. The van der Waals surface area contributed by atoms with Gasteiger partial charge >= 0.3 is 0 Å². The second-order valence-corrected chi connectivity index (χ2v) is 5.18. The van der Waals surface area contributed by atoms with Gasteiger partial charge in [-0.1, -0.05) is 12.8 Å². The van der Waals surface area contributed by atoms with Crippen molar-refractivity contribution in [2.45, 2.75) is 50.9 Å². The van der Waals surface area contributed by atoms with E-state index >= 15 is 0 Å². The Balaban J connectivity index is 2.07. The molecule has 1 fully saturated rings. The lowest BCUT2D eigenvalue weighted by Gasteiger charge is -2.28. The summed E-state index contributed by atoms with van der Waals surface area (Å²) in [6.45, 7) is 4.42. The molecule has 1 N–H and O–H groups in total. The Morgan fingerprint density at radius 3 is 2.89 bits per heavy atom.